The normalized spacial score (nSPS) is 29.4. The summed E-state index contributed by atoms with van der Waals surface area (Å²) in [5.41, 5.74) is 11.2. The number of piperidine rings is 2. The molecule has 0 aromatic carbocycles. The lowest BCUT2D eigenvalue weighted by Gasteiger charge is -2.39. The van der Waals surface area contributed by atoms with Crippen LogP contribution in [0.3, 0.4) is 0 Å². The van der Waals surface area contributed by atoms with Crippen molar-refractivity contribution in [2.45, 2.75) is 44.7 Å². The summed E-state index contributed by atoms with van der Waals surface area (Å²) in [7, 11) is 0. The molecule has 2 saturated heterocycles. The number of likely N-dealkylation sites (tertiary alicyclic amines) is 2. The third-order valence-corrected chi connectivity index (χ3v) is 4.60. The highest BCUT2D eigenvalue weighted by atomic mass is 16.2. The van der Waals surface area contributed by atoms with Crippen molar-refractivity contribution in [3.63, 3.8) is 0 Å². The Bertz CT molecular complexity index is 366. The fraction of sp³-hybridized carbons (Fsp3) is 0.857. The van der Waals surface area contributed by atoms with Crippen LogP contribution in [0, 0.1) is 5.92 Å². The molecule has 0 spiro atoms. The summed E-state index contributed by atoms with van der Waals surface area (Å²) in [6, 6.07) is 0.472. The lowest BCUT2D eigenvalue weighted by atomic mass is 9.93. The Morgan fingerprint density at radius 2 is 1.80 bits per heavy atom. The molecule has 6 heteroatoms. The third-order valence-electron chi connectivity index (χ3n) is 4.60. The van der Waals surface area contributed by atoms with Crippen LogP contribution in [0.4, 0.5) is 0 Å². The van der Waals surface area contributed by atoms with Gasteiger partial charge in [-0.1, -0.05) is 0 Å². The maximum atomic E-state index is 12.4. The third kappa shape index (κ3) is 3.70. The minimum absolute atomic E-state index is 0.110. The van der Waals surface area contributed by atoms with E-state index in [-0.39, 0.29) is 29.8 Å². The van der Waals surface area contributed by atoms with Crippen molar-refractivity contribution < 1.29 is 9.59 Å². The van der Waals surface area contributed by atoms with Crippen LogP contribution in [0.2, 0.25) is 0 Å². The van der Waals surface area contributed by atoms with Gasteiger partial charge in [-0.15, -0.1) is 0 Å². The second kappa shape index (κ2) is 6.54. The zero-order valence-electron chi connectivity index (χ0n) is 12.3. The van der Waals surface area contributed by atoms with Gasteiger partial charge in [0, 0.05) is 31.7 Å². The van der Waals surface area contributed by atoms with Crippen LogP contribution in [-0.2, 0) is 9.59 Å². The van der Waals surface area contributed by atoms with Gasteiger partial charge in [-0.2, -0.15) is 0 Å². The molecule has 114 valence electrons. The predicted octanol–water partition coefficient (Wildman–Crippen LogP) is -0.478. The molecular formula is C14H26N4O2. The van der Waals surface area contributed by atoms with E-state index in [1.165, 1.54) is 0 Å². The number of carbonyl (C=O) groups excluding carboxylic acids is 2. The highest BCUT2D eigenvalue weighted by molar-refractivity contribution is 5.81. The van der Waals surface area contributed by atoms with Crippen molar-refractivity contribution in [2.24, 2.45) is 17.4 Å². The maximum absolute atomic E-state index is 12.4. The molecule has 2 atom stereocenters. The van der Waals surface area contributed by atoms with Gasteiger partial charge >= 0.3 is 0 Å². The van der Waals surface area contributed by atoms with Gasteiger partial charge in [-0.05, 0) is 32.6 Å². The molecule has 2 heterocycles. The highest BCUT2D eigenvalue weighted by Gasteiger charge is 2.32. The Morgan fingerprint density at radius 3 is 2.40 bits per heavy atom. The van der Waals surface area contributed by atoms with Gasteiger partial charge in [-0.3, -0.25) is 14.5 Å². The molecule has 2 rings (SSSR count). The zero-order valence-corrected chi connectivity index (χ0v) is 12.3. The van der Waals surface area contributed by atoms with Gasteiger partial charge in [0.2, 0.25) is 11.8 Å². The monoisotopic (exact) mass is 282 g/mol. The molecule has 0 saturated carbocycles. The van der Waals surface area contributed by atoms with Crippen molar-refractivity contribution in [2.75, 3.05) is 26.2 Å². The summed E-state index contributed by atoms with van der Waals surface area (Å²) in [5.74, 6) is -0.373. The number of rotatable bonds is 3. The van der Waals surface area contributed by atoms with Crippen molar-refractivity contribution in [1.82, 2.24) is 9.80 Å². The molecule has 2 unspecified atom stereocenters. The van der Waals surface area contributed by atoms with E-state index in [9.17, 15) is 9.59 Å². The van der Waals surface area contributed by atoms with Gasteiger partial charge in [0.25, 0.3) is 0 Å². The highest BCUT2D eigenvalue weighted by Crippen LogP contribution is 2.22. The fourth-order valence-electron chi connectivity index (χ4n) is 3.08. The molecule has 4 N–H and O–H groups in total. The quantitative estimate of drug-likeness (QED) is 0.731. The molecule has 0 aromatic rings. The van der Waals surface area contributed by atoms with Crippen molar-refractivity contribution in [1.29, 1.82) is 0 Å². The summed E-state index contributed by atoms with van der Waals surface area (Å²) in [4.78, 5) is 27.7. The summed E-state index contributed by atoms with van der Waals surface area (Å²) in [6.45, 7) is 4.72. The molecule has 0 radical (unpaired) electrons. The van der Waals surface area contributed by atoms with Crippen LogP contribution in [0.5, 0.6) is 0 Å². The zero-order chi connectivity index (χ0) is 14.7. The smallest absolute Gasteiger partial charge is 0.237 e. The Hall–Kier alpha value is -1.14. The second-order valence-corrected chi connectivity index (χ2v) is 6.19. The lowest BCUT2D eigenvalue weighted by Crippen LogP contribution is -2.52. The molecular weight excluding hydrogens is 256 g/mol. The number of hydrogen-bond donors (Lipinski definition) is 2. The number of carbonyl (C=O) groups is 2. The molecule has 2 aliphatic heterocycles. The van der Waals surface area contributed by atoms with Crippen LogP contribution in [-0.4, -0.2) is 59.9 Å². The summed E-state index contributed by atoms with van der Waals surface area (Å²) in [5, 5.41) is 0. The Labute approximate surface area is 120 Å². The summed E-state index contributed by atoms with van der Waals surface area (Å²) in [6.07, 6.45) is 3.54. The molecule has 0 bridgehead atoms. The number of nitrogens with zero attached hydrogens (tertiary/aromatic N) is 2. The first kappa shape index (κ1) is 15.3. The van der Waals surface area contributed by atoms with E-state index in [1.54, 1.807) is 0 Å². The van der Waals surface area contributed by atoms with Crippen molar-refractivity contribution in [3.8, 4) is 0 Å². The summed E-state index contributed by atoms with van der Waals surface area (Å²) < 4.78 is 0. The van der Waals surface area contributed by atoms with Gasteiger partial charge in [-0.25, -0.2) is 0 Å². The minimum atomic E-state index is -0.293. The summed E-state index contributed by atoms with van der Waals surface area (Å²) >= 11 is 0. The van der Waals surface area contributed by atoms with E-state index in [1.807, 2.05) is 11.8 Å². The number of primary amides is 1. The average molecular weight is 282 g/mol. The molecule has 6 nitrogen and oxygen atoms in total. The van der Waals surface area contributed by atoms with Crippen LogP contribution in [0.15, 0.2) is 0 Å². The minimum Gasteiger partial charge on any atom is -0.369 e. The van der Waals surface area contributed by atoms with E-state index >= 15 is 0 Å². The largest absolute Gasteiger partial charge is 0.369 e. The SMILES string of the molecule is CC1CCC(C(N)=O)CN1C(=O)CN1CCC(N)CC1. The first-order valence-corrected chi connectivity index (χ1v) is 7.54. The van der Waals surface area contributed by atoms with Crippen LogP contribution < -0.4 is 11.5 Å². The average Bonchev–Trinajstić information content (AvgIpc) is 2.41. The van der Waals surface area contributed by atoms with Crippen LogP contribution in [0.25, 0.3) is 0 Å². The van der Waals surface area contributed by atoms with E-state index in [4.69, 9.17) is 11.5 Å². The number of amides is 2. The first-order chi connectivity index (χ1) is 9.47. The Kier molecular flexibility index (Phi) is 4.99. The predicted molar refractivity (Wildman–Crippen MR) is 76.7 cm³/mol. The first-order valence-electron chi connectivity index (χ1n) is 7.54. The molecule has 2 amide bonds. The lowest BCUT2D eigenvalue weighted by molar-refractivity contribution is -0.138. The van der Waals surface area contributed by atoms with E-state index in [2.05, 4.69) is 4.90 Å². The molecule has 20 heavy (non-hydrogen) atoms. The molecule has 0 aromatic heterocycles. The van der Waals surface area contributed by atoms with Gasteiger partial charge < -0.3 is 16.4 Å². The number of nitrogens with two attached hydrogens (primary N) is 2. The molecule has 2 fully saturated rings. The van der Waals surface area contributed by atoms with Crippen LogP contribution in [0.1, 0.15) is 32.6 Å². The van der Waals surface area contributed by atoms with Crippen LogP contribution >= 0.6 is 0 Å². The van der Waals surface area contributed by atoms with Crippen molar-refractivity contribution >= 4 is 11.8 Å². The van der Waals surface area contributed by atoms with E-state index < -0.39 is 0 Å². The fourth-order valence-corrected chi connectivity index (χ4v) is 3.08. The molecule has 0 aliphatic carbocycles. The number of hydrogen-bond acceptors (Lipinski definition) is 4. The van der Waals surface area contributed by atoms with E-state index in [0.29, 0.717) is 13.1 Å². The molecule has 2 aliphatic rings. The van der Waals surface area contributed by atoms with Crippen molar-refractivity contribution in [3.05, 3.63) is 0 Å². The van der Waals surface area contributed by atoms with Gasteiger partial charge in [0.1, 0.15) is 0 Å². The Balaban J connectivity index is 1.88. The standard InChI is InChI=1S/C14H26N4O2/c1-10-2-3-11(14(16)20)8-18(10)13(19)9-17-6-4-12(15)5-7-17/h10-12H,2-9,15H2,1H3,(H2,16,20). The van der Waals surface area contributed by atoms with Gasteiger partial charge in [0.05, 0.1) is 12.5 Å². The topological polar surface area (TPSA) is 92.7 Å². The second-order valence-electron chi connectivity index (χ2n) is 6.19. The maximum Gasteiger partial charge on any atom is 0.237 e. The van der Waals surface area contributed by atoms with Gasteiger partial charge in [0.15, 0.2) is 0 Å². The Morgan fingerprint density at radius 1 is 1.15 bits per heavy atom. The van der Waals surface area contributed by atoms with E-state index in [0.717, 1.165) is 38.8 Å².